The van der Waals surface area contributed by atoms with E-state index < -0.39 is 18.3 Å². The topological polar surface area (TPSA) is 50.8 Å². The first-order valence-corrected chi connectivity index (χ1v) is 9.06. The average molecular weight is 381 g/mol. The summed E-state index contributed by atoms with van der Waals surface area (Å²) in [6, 6.07) is 6.06. The average Bonchev–Trinajstić information content (AvgIpc) is 3.13. The van der Waals surface area contributed by atoms with Crippen molar-refractivity contribution >= 4 is 30.9 Å². The van der Waals surface area contributed by atoms with Gasteiger partial charge in [-0.05, 0) is 65.2 Å². The standard InChI is InChI=1S/C19H29BN2O3.ClH/c1-13-7-8-14(17(23)22(6)15-9-10-21-12-15)11-16(13)20-24-18(2,3)19(4,5)25-20;/h7-8,11,15,21H,9-10,12H2,1-6H3;1H/t15-;/m1./s1. The molecular formula is C19H30BClN2O3. The van der Waals surface area contributed by atoms with E-state index in [9.17, 15) is 4.79 Å². The molecule has 0 aliphatic carbocycles. The van der Waals surface area contributed by atoms with Crippen LogP contribution >= 0.6 is 12.4 Å². The lowest BCUT2D eigenvalue weighted by Crippen LogP contribution is -2.41. The number of hydrogen-bond donors (Lipinski definition) is 1. The first-order valence-electron chi connectivity index (χ1n) is 9.06. The zero-order valence-electron chi connectivity index (χ0n) is 16.6. The van der Waals surface area contributed by atoms with Gasteiger partial charge in [0.05, 0.1) is 11.2 Å². The molecular weight excluding hydrogens is 350 g/mol. The van der Waals surface area contributed by atoms with E-state index in [1.165, 1.54) is 0 Å². The van der Waals surface area contributed by atoms with Gasteiger partial charge in [-0.15, -0.1) is 12.4 Å². The minimum Gasteiger partial charge on any atom is -0.399 e. The van der Waals surface area contributed by atoms with Crippen LogP contribution in [0.4, 0.5) is 0 Å². The zero-order valence-corrected chi connectivity index (χ0v) is 17.4. The summed E-state index contributed by atoms with van der Waals surface area (Å²) >= 11 is 0. The Labute approximate surface area is 163 Å². The summed E-state index contributed by atoms with van der Waals surface area (Å²) < 4.78 is 12.3. The third kappa shape index (κ3) is 3.79. The van der Waals surface area contributed by atoms with Gasteiger partial charge < -0.3 is 19.5 Å². The Hall–Kier alpha value is -1.08. The van der Waals surface area contributed by atoms with Gasteiger partial charge in [-0.25, -0.2) is 0 Å². The molecule has 7 heteroatoms. The second kappa shape index (κ2) is 7.51. The fourth-order valence-electron chi connectivity index (χ4n) is 3.34. The van der Waals surface area contributed by atoms with Crippen molar-refractivity contribution in [3.63, 3.8) is 0 Å². The molecule has 0 saturated carbocycles. The number of carbonyl (C=O) groups excluding carboxylic acids is 1. The molecule has 0 radical (unpaired) electrons. The predicted molar refractivity (Wildman–Crippen MR) is 108 cm³/mol. The summed E-state index contributed by atoms with van der Waals surface area (Å²) in [5, 5.41) is 3.31. The van der Waals surface area contributed by atoms with Crippen molar-refractivity contribution in [3.8, 4) is 0 Å². The number of nitrogens with one attached hydrogen (secondary N) is 1. The van der Waals surface area contributed by atoms with Crippen molar-refractivity contribution in [1.82, 2.24) is 10.2 Å². The Morgan fingerprint density at radius 2 is 1.85 bits per heavy atom. The number of benzene rings is 1. The maximum Gasteiger partial charge on any atom is 0.495 e. The summed E-state index contributed by atoms with van der Waals surface area (Å²) in [6.45, 7) is 12.0. The van der Waals surface area contributed by atoms with Crippen LogP contribution in [0.3, 0.4) is 0 Å². The molecule has 2 saturated heterocycles. The molecule has 0 unspecified atom stereocenters. The molecule has 0 spiro atoms. The molecule has 26 heavy (non-hydrogen) atoms. The van der Waals surface area contributed by atoms with E-state index in [1.54, 1.807) is 0 Å². The molecule has 1 aromatic rings. The number of amides is 1. The number of carbonyl (C=O) groups is 1. The van der Waals surface area contributed by atoms with Crippen LogP contribution in [-0.4, -0.2) is 55.3 Å². The van der Waals surface area contributed by atoms with Crippen molar-refractivity contribution < 1.29 is 14.1 Å². The molecule has 144 valence electrons. The maximum atomic E-state index is 12.9. The van der Waals surface area contributed by atoms with Crippen LogP contribution in [-0.2, 0) is 9.31 Å². The number of hydrogen-bond acceptors (Lipinski definition) is 4. The van der Waals surface area contributed by atoms with Crippen LogP contribution in [0.5, 0.6) is 0 Å². The molecule has 2 aliphatic heterocycles. The Morgan fingerprint density at radius 3 is 2.38 bits per heavy atom. The second-order valence-corrected chi connectivity index (χ2v) is 8.22. The van der Waals surface area contributed by atoms with E-state index >= 15 is 0 Å². The van der Waals surface area contributed by atoms with E-state index in [1.807, 2.05) is 64.8 Å². The third-order valence-electron chi connectivity index (χ3n) is 5.94. The predicted octanol–water partition coefficient (Wildman–Crippen LogP) is 2.15. The number of likely N-dealkylation sites (N-methyl/N-ethyl adjacent to an activating group) is 1. The van der Waals surface area contributed by atoms with E-state index in [0.717, 1.165) is 30.5 Å². The van der Waals surface area contributed by atoms with Gasteiger partial charge in [0, 0.05) is 25.2 Å². The van der Waals surface area contributed by atoms with Crippen LogP contribution in [0.15, 0.2) is 18.2 Å². The van der Waals surface area contributed by atoms with Crippen LogP contribution < -0.4 is 10.8 Å². The molecule has 1 atom stereocenters. The van der Waals surface area contributed by atoms with Crippen LogP contribution in [0.1, 0.15) is 50.0 Å². The highest BCUT2D eigenvalue weighted by Crippen LogP contribution is 2.36. The van der Waals surface area contributed by atoms with Gasteiger partial charge in [0.2, 0.25) is 0 Å². The first-order chi connectivity index (χ1) is 11.6. The highest BCUT2D eigenvalue weighted by atomic mass is 35.5. The van der Waals surface area contributed by atoms with Crippen molar-refractivity contribution in [2.75, 3.05) is 20.1 Å². The third-order valence-corrected chi connectivity index (χ3v) is 5.94. The molecule has 3 rings (SSSR count). The van der Waals surface area contributed by atoms with Gasteiger partial charge >= 0.3 is 7.12 Å². The zero-order chi connectivity index (χ0) is 18.4. The lowest BCUT2D eigenvalue weighted by molar-refractivity contribution is 0.00578. The Bertz CT molecular complexity index is 659. The molecule has 1 aromatic carbocycles. The highest BCUT2D eigenvalue weighted by molar-refractivity contribution is 6.62. The molecule has 0 aromatic heterocycles. The summed E-state index contributed by atoms with van der Waals surface area (Å²) in [6.07, 6.45) is 0.998. The summed E-state index contributed by atoms with van der Waals surface area (Å²) in [5.74, 6) is 0.0477. The van der Waals surface area contributed by atoms with E-state index in [4.69, 9.17) is 9.31 Å². The largest absolute Gasteiger partial charge is 0.495 e. The minimum atomic E-state index is -0.448. The molecule has 5 nitrogen and oxygen atoms in total. The number of halogens is 1. The number of rotatable bonds is 3. The van der Waals surface area contributed by atoms with E-state index in [-0.39, 0.29) is 24.4 Å². The van der Waals surface area contributed by atoms with E-state index in [0.29, 0.717) is 5.56 Å². The Balaban J connectivity index is 0.00000243. The molecule has 2 fully saturated rings. The molecule has 0 bridgehead atoms. The normalized spacial score (nSPS) is 23.6. The van der Waals surface area contributed by atoms with Crippen LogP contribution in [0, 0.1) is 6.92 Å². The lowest BCUT2D eigenvalue weighted by Gasteiger charge is -2.32. The van der Waals surface area contributed by atoms with Gasteiger partial charge in [0.25, 0.3) is 5.91 Å². The quantitative estimate of drug-likeness (QED) is 0.816. The summed E-state index contributed by atoms with van der Waals surface area (Å²) in [4.78, 5) is 14.7. The van der Waals surface area contributed by atoms with Gasteiger partial charge in [-0.3, -0.25) is 4.79 Å². The van der Waals surface area contributed by atoms with Crippen molar-refractivity contribution in [2.45, 2.75) is 58.3 Å². The summed E-state index contributed by atoms with van der Waals surface area (Å²) in [5.41, 5.74) is 1.90. The van der Waals surface area contributed by atoms with Gasteiger partial charge in [-0.1, -0.05) is 11.6 Å². The maximum absolute atomic E-state index is 12.9. The Morgan fingerprint density at radius 1 is 1.23 bits per heavy atom. The van der Waals surface area contributed by atoms with Gasteiger partial charge in [0.1, 0.15) is 0 Å². The van der Waals surface area contributed by atoms with Crippen molar-refractivity contribution in [1.29, 1.82) is 0 Å². The number of aryl methyl sites for hydroxylation is 1. The van der Waals surface area contributed by atoms with E-state index in [2.05, 4.69) is 5.32 Å². The van der Waals surface area contributed by atoms with Crippen LogP contribution in [0.25, 0.3) is 0 Å². The van der Waals surface area contributed by atoms with Crippen LogP contribution in [0.2, 0.25) is 0 Å². The van der Waals surface area contributed by atoms with Crippen molar-refractivity contribution in [2.24, 2.45) is 0 Å². The molecule has 1 amide bonds. The van der Waals surface area contributed by atoms with Crippen molar-refractivity contribution in [3.05, 3.63) is 29.3 Å². The monoisotopic (exact) mass is 380 g/mol. The lowest BCUT2D eigenvalue weighted by atomic mass is 9.75. The molecule has 2 aliphatic rings. The minimum absolute atomic E-state index is 0. The Kier molecular flexibility index (Phi) is 6.13. The van der Waals surface area contributed by atoms with Gasteiger partial charge in [-0.2, -0.15) is 0 Å². The molecule has 2 heterocycles. The smallest absolute Gasteiger partial charge is 0.399 e. The highest BCUT2D eigenvalue weighted by Gasteiger charge is 2.52. The second-order valence-electron chi connectivity index (χ2n) is 8.22. The molecule has 1 N–H and O–H groups in total. The number of nitrogens with zero attached hydrogens (tertiary/aromatic N) is 1. The fourth-order valence-corrected chi connectivity index (χ4v) is 3.34. The van der Waals surface area contributed by atoms with Gasteiger partial charge in [0.15, 0.2) is 0 Å². The first kappa shape index (κ1) is 21.2. The SMILES string of the molecule is Cc1ccc(C(=O)N(C)[C@@H]2CCNC2)cc1B1OC(C)(C)C(C)(C)O1.Cl. The fraction of sp³-hybridized carbons (Fsp3) is 0.632. The summed E-state index contributed by atoms with van der Waals surface area (Å²) in [7, 11) is 1.44.